The maximum atomic E-state index is 5.05. The molecule has 0 aromatic rings. The zero-order chi connectivity index (χ0) is 15.3. The summed E-state index contributed by atoms with van der Waals surface area (Å²) in [5, 5.41) is 0. The van der Waals surface area contributed by atoms with Crippen LogP contribution in [0, 0.1) is 0 Å². The summed E-state index contributed by atoms with van der Waals surface area (Å²) >= 11 is 0. The average molecular weight is 304 g/mol. The number of hydrogen-bond donors (Lipinski definition) is 0. The third-order valence-electron chi connectivity index (χ3n) is 5.29. The number of allylic oxidation sites excluding steroid dienone is 2. The van der Waals surface area contributed by atoms with Crippen LogP contribution in [-0.4, -0.2) is 12.3 Å². The van der Waals surface area contributed by atoms with Crippen LogP contribution in [-0.2, 0) is 0 Å². The van der Waals surface area contributed by atoms with Gasteiger partial charge in [0.15, 0.2) is 0 Å². The lowest BCUT2D eigenvalue weighted by molar-refractivity contribution is 0.588. The summed E-state index contributed by atoms with van der Waals surface area (Å²) < 4.78 is 0. The topological polar surface area (TPSA) is 12.4 Å². The van der Waals surface area contributed by atoms with Gasteiger partial charge in [0.2, 0.25) is 0 Å². The first kappa shape index (κ1) is 17.8. The van der Waals surface area contributed by atoms with E-state index >= 15 is 0 Å². The molecule has 1 aliphatic heterocycles. The largest absolute Gasteiger partial charge is 0.289 e. The van der Waals surface area contributed by atoms with Crippen LogP contribution in [0.3, 0.4) is 0 Å². The van der Waals surface area contributed by atoms with E-state index in [4.69, 9.17) is 4.99 Å². The van der Waals surface area contributed by atoms with E-state index in [0.717, 1.165) is 6.54 Å². The standard InChI is InChI=1S/C21H37N/c1-2-5-9-13-17-20(16-12-8-4-1)21-18-14-10-6-3-7-11-15-19-22-21/h16H,1-15,17-19H2. The third kappa shape index (κ3) is 7.61. The van der Waals surface area contributed by atoms with Crippen molar-refractivity contribution in [2.45, 2.75) is 109 Å². The Kier molecular flexibility index (Phi) is 9.61. The van der Waals surface area contributed by atoms with Crippen molar-refractivity contribution in [2.75, 3.05) is 6.54 Å². The fourth-order valence-electron chi connectivity index (χ4n) is 3.83. The molecular weight excluding hydrogens is 266 g/mol. The summed E-state index contributed by atoms with van der Waals surface area (Å²) in [6, 6.07) is 0. The maximum absolute atomic E-state index is 5.05. The van der Waals surface area contributed by atoms with Gasteiger partial charge in [-0.2, -0.15) is 0 Å². The Morgan fingerprint density at radius 3 is 1.82 bits per heavy atom. The highest BCUT2D eigenvalue weighted by molar-refractivity contribution is 6.00. The number of hydrogen-bond acceptors (Lipinski definition) is 1. The number of rotatable bonds is 1. The van der Waals surface area contributed by atoms with Gasteiger partial charge in [0.05, 0.1) is 0 Å². The van der Waals surface area contributed by atoms with Crippen LogP contribution in [0.1, 0.15) is 109 Å². The molecule has 2 rings (SSSR count). The molecule has 1 aliphatic carbocycles. The Hall–Kier alpha value is -0.590. The van der Waals surface area contributed by atoms with Gasteiger partial charge in [-0.05, 0) is 50.5 Å². The lowest BCUT2D eigenvalue weighted by Gasteiger charge is -2.12. The minimum atomic E-state index is 1.08. The first-order valence-electron chi connectivity index (χ1n) is 10.2. The summed E-state index contributed by atoms with van der Waals surface area (Å²) in [5.74, 6) is 0. The molecular formula is C21H37N. The molecule has 22 heavy (non-hydrogen) atoms. The van der Waals surface area contributed by atoms with Gasteiger partial charge < -0.3 is 0 Å². The lowest BCUT2D eigenvalue weighted by Crippen LogP contribution is -2.05. The molecule has 0 atom stereocenters. The van der Waals surface area contributed by atoms with E-state index < -0.39 is 0 Å². The summed E-state index contributed by atoms with van der Waals surface area (Å²) in [5.41, 5.74) is 3.11. The zero-order valence-electron chi connectivity index (χ0n) is 14.8. The highest BCUT2D eigenvalue weighted by Gasteiger charge is 2.09. The van der Waals surface area contributed by atoms with Gasteiger partial charge in [0.25, 0.3) is 0 Å². The van der Waals surface area contributed by atoms with Crippen LogP contribution in [0.25, 0.3) is 0 Å². The van der Waals surface area contributed by atoms with E-state index in [-0.39, 0.29) is 0 Å². The quantitative estimate of drug-likeness (QED) is 0.494. The van der Waals surface area contributed by atoms with E-state index in [1.54, 1.807) is 5.57 Å². The summed E-state index contributed by atoms with van der Waals surface area (Å²) in [4.78, 5) is 5.05. The lowest BCUT2D eigenvalue weighted by atomic mass is 9.97. The fraction of sp³-hybridized carbons (Fsp3) is 0.857. The molecule has 0 radical (unpaired) electrons. The van der Waals surface area contributed by atoms with E-state index in [0.29, 0.717) is 0 Å². The maximum Gasteiger partial charge on any atom is 0.0392 e. The fourth-order valence-corrected chi connectivity index (χ4v) is 3.83. The van der Waals surface area contributed by atoms with Crippen LogP contribution in [0.2, 0.25) is 0 Å². The third-order valence-corrected chi connectivity index (χ3v) is 5.29. The van der Waals surface area contributed by atoms with Gasteiger partial charge in [-0.3, -0.25) is 4.99 Å². The molecule has 1 heterocycles. The smallest absolute Gasteiger partial charge is 0.0392 e. The van der Waals surface area contributed by atoms with E-state index in [1.807, 2.05) is 0 Å². The van der Waals surface area contributed by atoms with Crippen molar-refractivity contribution in [3.63, 3.8) is 0 Å². The number of aliphatic imine (C=N–C) groups is 1. The van der Waals surface area contributed by atoms with Crippen molar-refractivity contribution in [1.29, 1.82) is 0 Å². The molecule has 0 amide bonds. The molecule has 0 saturated heterocycles. The second kappa shape index (κ2) is 11.9. The summed E-state index contributed by atoms with van der Waals surface area (Å²) in [7, 11) is 0. The molecule has 0 aromatic heterocycles. The first-order valence-corrected chi connectivity index (χ1v) is 10.2. The van der Waals surface area contributed by atoms with Crippen molar-refractivity contribution in [2.24, 2.45) is 4.99 Å². The highest BCUT2D eigenvalue weighted by atomic mass is 14.7. The SMILES string of the molecule is C1=C(C2=NCCCCCCCCC2)CCCCCCCCC1. The van der Waals surface area contributed by atoms with Crippen molar-refractivity contribution in [3.8, 4) is 0 Å². The summed E-state index contributed by atoms with van der Waals surface area (Å²) in [6.07, 6.45) is 26.1. The van der Waals surface area contributed by atoms with Crippen LogP contribution in [0.4, 0.5) is 0 Å². The Labute approximate surface area is 138 Å². The second-order valence-corrected chi connectivity index (χ2v) is 7.30. The Morgan fingerprint density at radius 1 is 0.545 bits per heavy atom. The monoisotopic (exact) mass is 303 g/mol. The molecule has 0 spiro atoms. The second-order valence-electron chi connectivity index (χ2n) is 7.30. The highest BCUT2D eigenvalue weighted by Crippen LogP contribution is 2.21. The molecule has 0 saturated carbocycles. The first-order chi connectivity index (χ1) is 11.0. The van der Waals surface area contributed by atoms with Gasteiger partial charge in [0, 0.05) is 12.3 Å². The average Bonchev–Trinajstić information content (AvgIpc) is 2.64. The molecule has 0 N–H and O–H groups in total. The minimum Gasteiger partial charge on any atom is -0.289 e. The van der Waals surface area contributed by atoms with Crippen LogP contribution >= 0.6 is 0 Å². The summed E-state index contributed by atoms with van der Waals surface area (Å²) in [6.45, 7) is 1.08. The normalized spacial score (nSPS) is 24.4. The molecule has 0 bridgehead atoms. The van der Waals surface area contributed by atoms with Gasteiger partial charge in [-0.15, -0.1) is 0 Å². The Morgan fingerprint density at radius 2 is 1.09 bits per heavy atom. The molecule has 1 nitrogen and oxygen atoms in total. The molecule has 126 valence electrons. The van der Waals surface area contributed by atoms with E-state index in [9.17, 15) is 0 Å². The van der Waals surface area contributed by atoms with Crippen molar-refractivity contribution in [3.05, 3.63) is 11.6 Å². The van der Waals surface area contributed by atoms with Gasteiger partial charge >= 0.3 is 0 Å². The predicted molar refractivity (Wildman–Crippen MR) is 98.9 cm³/mol. The van der Waals surface area contributed by atoms with Crippen LogP contribution in [0.5, 0.6) is 0 Å². The van der Waals surface area contributed by atoms with Crippen molar-refractivity contribution >= 4 is 5.71 Å². The van der Waals surface area contributed by atoms with E-state index in [2.05, 4.69) is 6.08 Å². The van der Waals surface area contributed by atoms with Crippen molar-refractivity contribution < 1.29 is 0 Å². The molecule has 0 fully saturated rings. The Bertz CT molecular complexity index is 306. The molecule has 1 heteroatoms. The van der Waals surface area contributed by atoms with Gasteiger partial charge in [-0.1, -0.05) is 70.3 Å². The number of nitrogens with zero attached hydrogens (tertiary/aromatic N) is 1. The zero-order valence-corrected chi connectivity index (χ0v) is 14.8. The van der Waals surface area contributed by atoms with Crippen LogP contribution in [0.15, 0.2) is 16.6 Å². The Balaban J connectivity index is 1.97. The van der Waals surface area contributed by atoms with E-state index in [1.165, 1.54) is 115 Å². The minimum absolute atomic E-state index is 1.08. The molecule has 0 aromatic carbocycles. The molecule has 2 aliphatic rings. The van der Waals surface area contributed by atoms with Crippen molar-refractivity contribution in [1.82, 2.24) is 0 Å². The predicted octanol–water partition coefficient (Wildman–Crippen LogP) is 7.01. The van der Waals surface area contributed by atoms with Crippen LogP contribution < -0.4 is 0 Å². The molecule has 0 unspecified atom stereocenters. The van der Waals surface area contributed by atoms with Gasteiger partial charge in [-0.25, -0.2) is 0 Å². The van der Waals surface area contributed by atoms with Gasteiger partial charge in [0.1, 0.15) is 0 Å².